The van der Waals surface area contributed by atoms with Crippen LogP contribution in [-0.4, -0.2) is 21.7 Å². The van der Waals surface area contributed by atoms with E-state index >= 15 is 0 Å². The lowest BCUT2D eigenvalue weighted by Gasteiger charge is -1.86. The molecule has 11 heavy (non-hydrogen) atoms. The van der Waals surface area contributed by atoms with Gasteiger partial charge in [-0.2, -0.15) is 5.10 Å². The van der Waals surface area contributed by atoms with Gasteiger partial charge in [-0.15, -0.1) is 0 Å². The number of hydrogen-bond donors (Lipinski definition) is 2. The van der Waals surface area contributed by atoms with Crippen molar-refractivity contribution in [3.63, 3.8) is 0 Å². The minimum absolute atomic E-state index is 0. The van der Waals surface area contributed by atoms with Crippen molar-refractivity contribution in [3.8, 4) is 0 Å². The summed E-state index contributed by atoms with van der Waals surface area (Å²) in [5, 5.41) is 6.78. The van der Waals surface area contributed by atoms with Gasteiger partial charge in [0.1, 0.15) is 11.6 Å². The second-order valence-corrected chi connectivity index (χ2v) is 2.09. The van der Waals surface area contributed by atoms with E-state index in [-0.39, 0.29) is 12.4 Å². The molecule has 0 saturated carbocycles. The first-order chi connectivity index (χ1) is 4.86. The van der Waals surface area contributed by atoms with Crippen LogP contribution in [0, 0.1) is 0 Å². The molecule has 3 N–H and O–H groups in total. The monoisotopic (exact) mass is 175 g/mol. The molecule has 1 aromatic rings. The van der Waals surface area contributed by atoms with E-state index in [2.05, 4.69) is 15.2 Å². The van der Waals surface area contributed by atoms with Crippen LogP contribution in [0.3, 0.4) is 0 Å². The van der Waals surface area contributed by atoms with Crippen molar-refractivity contribution in [3.05, 3.63) is 11.6 Å². The molecule has 0 amide bonds. The molecular formula is C6H12ClN4-. The average Bonchev–Trinajstić information content (AvgIpc) is 2.37. The summed E-state index contributed by atoms with van der Waals surface area (Å²) in [5.74, 6) is 1.75. The molecule has 0 atom stereocenters. The van der Waals surface area contributed by atoms with Gasteiger partial charge in [-0.25, -0.2) is 4.98 Å². The molecule has 0 fully saturated rings. The van der Waals surface area contributed by atoms with Crippen molar-refractivity contribution in [2.24, 2.45) is 5.73 Å². The highest BCUT2D eigenvalue weighted by atomic mass is 35.5. The summed E-state index contributed by atoms with van der Waals surface area (Å²) >= 11 is 0. The van der Waals surface area contributed by atoms with Crippen molar-refractivity contribution >= 4 is 0 Å². The summed E-state index contributed by atoms with van der Waals surface area (Å²) in [7, 11) is 0. The first-order valence-corrected chi connectivity index (χ1v) is 3.47. The molecule has 0 aliphatic rings. The third-order valence-electron chi connectivity index (χ3n) is 1.28. The quantitative estimate of drug-likeness (QED) is 0.511. The van der Waals surface area contributed by atoms with Crippen LogP contribution in [0.4, 0.5) is 0 Å². The fourth-order valence-corrected chi connectivity index (χ4v) is 0.741. The van der Waals surface area contributed by atoms with E-state index in [0.29, 0.717) is 6.54 Å². The van der Waals surface area contributed by atoms with Crippen molar-refractivity contribution in [1.29, 1.82) is 0 Å². The third kappa shape index (κ3) is 2.86. The number of aromatic nitrogens is 3. The largest absolute Gasteiger partial charge is 1.00 e. The molecule has 0 unspecified atom stereocenters. The average molecular weight is 176 g/mol. The molecule has 1 rings (SSSR count). The second kappa shape index (κ2) is 5.09. The van der Waals surface area contributed by atoms with Gasteiger partial charge in [-0.3, -0.25) is 5.10 Å². The maximum Gasteiger partial charge on any atom is 0.150 e. The summed E-state index contributed by atoms with van der Waals surface area (Å²) < 4.78 is 0. The zero-order valence-electron chi connectivity index (χ0n) is 6.47. The minimum Gasteiger partial charge on any atom is -1.00 e. The maximum absolute atomic E-state index is 5.32. The van der Waals surface area contributed by atoms with Gasteiger partial charge in [0.15, 0.2) is 0 Å². The Labute approximate surface area is 72.0 Å². The Balaban J connectivity index is 0.000001000. The van der Waals surface area contributed by atoms with Crippen molar-refractivity contribution in [2.75, 3.05) is 6.54 Å². The molecule has 5 heteroatoms. The predicted molar refractivity (Wildman–Crippen MR) is 38.5 cm³/mol. The fourth-order valence-electron chi connectivity index (χ4n) is 0.741. The normalized spacial score (nSPS) is 9.27. The van der Waals surface area contributed by atoms with Gasteiger partial charge in [0.2, 0.25) is 0 Å². The van der Waals surface area contributed by atoms with Crippen LogP contribution in [0.2, 0.25) is 0 Å². The Morgan fingerprint density at radius 1 is 1.55 bits per heavy atom. The van der Waals surface area contributed by atoms with Crippen LogP contribution < -0.4 is 18.1 Å². The van der Waals surface area contributed by atoms with Crippen LogP contribution in [0.15, 0.2) is 0 Å². The molecule has 1 aromatic heterocycles. The van der Waals surface area contributed by atoms with Gasteiger partial charge in [-0.05, 0) is 6.54 Å². The summed E-state index contributed by atoms with van der Waals surface area (Å²) in [5.41, 5.74) is 5.32. The highest BCUT2D eigenvalue weighted by Gasteiger charge is 1.97. The molecular weight excluding hydrogens is 164 g/mol. The number of aromatic amines is 1. The summed E-state index contributed by atoms with van der Waals surface area (Å²) in [6, 6.07) is 0. The fraction of sp³-hybridized carbons (Fsp3) is 0.667. The predicted octanol–water partition coefficient (Wildman–Crippen LogP) is -3.13. The highest BCUT2D eigenvalue weighted by Crippen LogP contribution is 1.92. The summed E-state index contributed by atoms with van der Waals surface area (Å²) in [4.78, 5) is 4.17. The number of nitrogens with zero attached hydrogens (tertiary/aromatic N) is 2. The zero-order valence-corrected chi connectivity index (χ0v) is 7.23. The number of rotatable bonds is 3. The molecule has 0 aliphatic carbocycles. The molecule has 0 spiro atoms. The molecule has 4 nitrogen and oxygen atoms in total. The van der Waals surface area contributed by atoms with E-state index < -0.39 is 0 Å². The Morgan fingerprint density at radius 3 is 2.73 bits per heavy atom. The van der Waals surface area contributed by atoms with Gasteiger partial charge < -0.3 is 18.1 Å². The van der Waals surface area contributed by atoms with Crippen molar-refractivity contribution in [2.45, 2.75) is 19.8 Å². The summed E-state index contributed by atoms with van der Waals surface area (Å²) in [6.45, 7) is 2.65. The third-order valence-corrected chi connectivity index (χ3v) is 1.28. The van der Waals surface area contributed by atoms with E-state index in [1.54, 1.807) is 0 Å². The first kappa shape index (κ1) is 10.4. The van der Waals surface area contributed by atoms with Crippen molar-refractivity contribution < 1.29 is 12.4 Å². The van der Waals surface area contributed by atoms with Gasteiger partial charge in [0.25, 0.3) is 0 Å². The van der Waals surface area contributed by atoms with Crippen LogP contribution in [-0.2, 0) is 12.8 Å². The lowest BCUT2D eigenvalue weighted by Crippen LogP contribution is -3.00. The molecule has 64 valence electrons. The highest BCUT2D eigenvalue weighted by molar-refractivity contribution is 4.89. The molecule has 0 radical (unpaired) electrons. The summed E-state index contributed by atoms with van der Waals surface area (Å²) in [6.07, 6.45) is 1.66. The Hall–Kier alpha value is -0.610. The SMILES string of the molecule is CCc1n[nH]c(CCN)n1.[Cl-]. The second-order valence-electron chi connectivity index (χ2n) is 2.09. The lowest BCUT2D eigenvalue weighted by atomic mass is 10.4. The zero-order chi connectivity index (χ0) is 7.40. The smallest absolute Gasteiger partial charge is 0.150 e. The first-order valence-electron chi connectivity index (χ1n) is 3.47. The van der Waals surface area contributed by atoms with Crippen molar-refractivity contribution in [1.82, 2.24) is 15.2 Å². The molecule has 0 saturated heterocycles. The maximum atomic E-state index is 5.32. The molecule has 0 aliphatic heterocycles. The van der Waals surface area contributed by atoms with Crippen LogP contribution in [0.5, 0.6) is 0 Å². The Morgan fingerprint density at radius 2 is 2.27 bits per heavy atom. The minimum atomic E-state index is 0. The molecule has 1 heterocycles. The van der Waals surface area contributed by atoms with E-state index in [4.69, 9.17) is 5.73 Å². The number of nitrogens with one attached hydrogen (secondary N) is 1. The standard InChI is InChI=1S/C6H12N4.ClH/c1-2-5-8-6(3-4-7)10-9-5;/h2-4,7H2,1H3,(H,8,9,10);1H/p-1. The van der Waals surface area contributed by atoms with Gasteiger partial charge in [0, 0.05) is 12.8 Å². The van der Waals surface area contributed by atoms with E-state index in [0.717, 1.165) is 24.5 Å². The number of hydrogen-bond acceptors (Lipinski definition) is 3. The lowest BCUT2D eigenvalue weighted by molar-refractivity contribution is -0.00000254. The van der Waals surface area contributed by atoms with Crippen LogP contribution in [0.25, 0.3) is 0 Å². The van der Waals surface area contributed by atoms with Crippen LogP contribution >= 0.6 is 0 Å². The van der Waals surface area contributed by atoms with E-state index in [9.17, 15) is 0 Å². The van der Waals surface area contributed by atoms with Crippen LogP contribution in [0.1, 0.15) is 18.6 Å². The number of H-pyrrole nitrogens is 1. The van der Waals surface area contributed by atoms with E-state index in [1.165, 1.54) is 0 Å². The molecule has 0 aromatic carbocycles. The number of nitrogens with two attached hydrogens (primary N) is 1. The molecule has 0 bridgehead atoms. The van der Waals surface area contributed by atoms with Gasteiger partial charge in [0.05, 0.1) is 0 Å². The van der Waals surface area contributed by atoms with Gasteiger partial charge >= 0.3 is 0 Å². The Bertz CT molecular complexity index is 198. The number of halogens is 1. The number of aryl methyl sites for hydroxylation is 1. The van der Waals surface area contributed by atoms with Gasteiger partial charge in [-0.1, -0.05) is 6.92 Å². The Kier molecular flexibility index (Phi) is 4.81. The topological polar surface area (TPSA) is 67.6 Å². The van der Waals surface area contributed by atoms with E-state index in [1.807, 2.05) is 6.92 Å².